The Morgan fingerprint density at radius 1 is 1.58 bits per heavy atom. The zero-order valence-corrected chi connectivity index (χ0v) is 10.8. The van der Waals surface area contributed by atoms with Crippen LogP contribution in [0.2, 0.25) is 0 Å². The van der Waals surface area contributed by atoms with Gasteiger partial charge in [0.2, 0.25) is 5.91 Å². The second-order valence-corrected chi connectivity index (χ2v) is 5.55. The van der Waals surface area contributed by atoms with Gasteiger partial charge in [0.15, 0.2) is 12.7 Å². The molecule has 1 aromatic heterocycles. The van der Waals surface area contributed by atoms with Crippen LogP contribution in [-0.4, -0.2) is 38.1 Å². The highest BCUT2D eigenvalue weighted by Gasteiger charge is 2.45. The predicted molar refractivity (Wildman–Crippen MR) is 66.8 cm³/mol. The minimum atomic E-state index is -1.04. The fourth-order valence-electron chi connectivity index (χ4n) is 2.25. The van der Waals surface area contributed by atoms with Crippen molar-refractivity contribution in [3.63, 3.8) is 0 Å². The Hall–Kier alpha value is -1.89. The molecule has 0 saturated carbocycles. The van der Waals surface area contributed by atoms with Crippen LogP contribution < -0.4 is 4.68 Å². The molecule has 0 aromatic carbocycles. The molecule has 0 bridgehead atoms. The summed E-state index contributed by atoms with van der Waals surface area (Å²) in [6.07, 6.45) is 3.86. The summed E-state index contributed by atoms with van der Waals surface area (Å²) in [4.78, 5) is 24.4. The molecule has 2 aliphatic rings. The van der Waals surface area contributed by atoms with Gasteiger partial charge in [0.05, 0.1) is 18.0 Å². The maximum atomic E-state index is 11.6. The normalized spacial score (nSPS) is 22.0. The summed E-state index contributed by atoms with van der Waals surface area (Å²) in [6.45, 7) is 0.395. The summed E-state index contributed by atoms with van der Waals surface area (Å²) in [6, 6.07) is 3.63. The van der Waals surface area contributed by atoms with Gasteiger partial charge >= 0.3 is 5.97 Å². The molecule has 0 spiro atoms. The van der Waals surface area contributed by atoms with Gasteiger partial charge in [-0.25, -0.2) is 4.79 Å². The fourth-order valence-corrected chi connectivity index (χ4v) is 3.50. The number of carboxylic acids is 1. The third-order valence-electron chi connectivity index (χ3n) is 3.16. The average Bonchev–Trinajstić information content (AvgIpc) is 2.39. The highest BCUT2D eigenvalue weighted by atomic mass is 32.2. The van der Waals surface area contributed by atoms with E-state index in [2.05, 4.69) is 5.10 Å². The predicted octanol–water partition coefficient (Wildman–Crippen LogP) is 0.0130. The van der Waals surface area contributed by atoms with Crippen molar-refractivity contribution in [3.8, 4) is 0 Å². The number of aliphatic carboxylic acids is 1. The topological polar surface area (TPSA) is 74.4 Å². The Bertz CT molecular complexity index is 573. The van der Waals surface area contributed by atoms with Gasteiger partial charge in [0.1, 0.15) is 5.70 Å². The minimum absolute atomic E-state index is 0.00363. The quantitative estimate of drug-likeness (QED) is 0.623. The lowest BCUT2D eigenvalue weighted by Crippen LogP contribution is -2.55. The van der Waals surface area contributed by atoms with E-state index in [1.165, 1.54) is 4.90 Å². The number of aromatic nitrogens is 2. The third kappa shape index (κ3) is 2.10. The van der Waals surface area contributed by atoms with E-state index < -0.39 is 5.97 Å². The molecule has 0 aliphatic carbocycles. The Labute approximate surface area is 113 Å². The Balaban J connectivity index is 1.94. The number of rotatable bonds is 3. The molecule has 98 valence electrons. The van der Waals surface area contributed by atoms with Gasteiger partial charge in [-0.05, 0) is 11.2 Å². The zero-order valence-electron chi connectivity index (χ0n) is 10.0. The molecule has 1 N–H and O–H groups in total. The van der Waals surface area contributed by atoms with Gasteiger partial charge in [-0.1, -0.05) is 4.68 Å². The molecule has 1 atom stereocenters. The molecule has 1 saturated heterocycles. The summed E-state index contributed by atoms with van der Waals surface area (Å²) < 4.78 is 1.67. The maximum absolute atomic E-state index is 11.6. The Kier molecular flexibility index (Phi) is 2.98. The van der Waals surface area contributed by atoms with Crippen LogP contribution in [-0.2, 0) is 16.1 Å². The van der Waals surface area contributed by atoms with E-state index in [9.17, 15) is 14.7 Å². The van der Waals surface area contributed by atoms with Crippen molar-refractivity contribution in [3.05, 3.63) is 35.8 Å². The zero-order chi connectivity index (χ0) is 13.4. The molecular weight excluding hydrogens is 266 g/mol. The summed E-state index contributed by atoms with van der Waals surface area (Å²) in [5.41, 5.74) is 0.864. The number of carbonyl (C=O) groups excluding carboxylic acids is 1. The number of nitrogens with zero attached hydrogens (tertiary/aromatic N) is 3. The van der Waals surface area contributed by atoms with Crippen LogP contribution in [0.1, 0.15) is 6.42 Å². The number of thioether (sulfide) groups is 1. The van der Waals surface area contributed by atoms with Crippen molar-refractivity contribution in [2.45, 2.75) is 18.3 Å². The smallest absolute Gasteiger partial charge is 0.352 e. The Morgan fingerprint density at radius 3 is 3.05 bits per heavy atom. The van der Waals surface area contributed by atoms with Crippen molar-refractivity contribution >= 4 is 23.6 Å². The van der Waals surface area contributed by atoms with Crippen LogP contribution >= 0.6 is 11.8 Å². The molecule has 2 aliphatic heterocycles. The van der Waals surface area contributed by atoms with Crippen LogP contribution in [0.25, 0.3) is 0 Å². The largest absolute Gasteiger partial charge is 0.477 e. The van der Waals surface area contributed by atoms with Gasteiger partial charge in [0, 0.05) is 17.4 Å². The van der Waals surface area contributed by atoms with Gasteiger partial charge in [-0.3, -0.25) is 9.69 Å². The second kappa shape index (κ2) is 4.65. The molecular formula is C12H12N3O3S+. The number of carbonyl (C=O) groups is 2. The number of carboxylic acid groups (broad SMARTS) is 1. The molecule has 0 radical (unpaired) electrons. The summed E-state index contributed by atoms with van der Waals surface area (Å²) in [5.74, 6) is -0.525. The van der Waals surface area contributed by atoms with Crippen LogP contribution in [0.4, 0.5) is 0 Å². The van der Waals surface area contributed by atoms with E-state index in [-0.39, 0.29) is 17.0 Å². The summed E-state index contributed by atoms with van der Waals surface area (Å²) in [5, 5.41) is 13.5. The summed E-state index contributed by atoms with van der Waals surface area (Å²) in [7, 11) is 0. The number of amides is 1. The van der Waals surface area contributed by atoms with E-state index in [0.29, 0.717) is 18.7 Å². The molecule has 6 nitrogen and oxygen atoms in total. The van der Waals surface area contributed by atoms with Gasteiger partial charge in [-0.15, -0.1) is 11.8 Å². The molecule has 3 rings (SSSR count). The molecule has 1 aromatic rings. The van der Waals surface area contributed by atoms with E-state index in [4.69, 9.17) is 0 Å². The monoisotopic (exact) mass is 278 g/mol. The van der Waals surface area contributed by atoms with E-state index >= 15 is 0 Å². The first-order chi connectivity index (χ1) is 9.16. The molecule has 19 heavy (non-hydrogen) atoms. The number of hydrogen-bond acceptors (Lipinski definition) is 4. The van der Waals surface area contributed by atoms with Gasteiger partial charge in [0.25, 0.3) is 0 Å². The summed E-state index contributed by atoms with van der Waals surface area (Å²) >= 11 is 1.61. The van der Waals surface area contributed by atoms with Crippen LogP contribution in [0.3, 0.4) is 0 Å². The lowest BCUT2D eigenvalue weighted by Gasteiger charge is -2.43. The van der Waals surface area contributed by atoms with Crippen molar-refractivity contribution in [1.29, 1.82) is 0 Å². The van der Waals surface area contributed by atoms with Crippen LogP contribution in [0.5, 0.6) is 0 Å². The standard InChI is InChI=1S/C12H11N3O3S/c16-9-5-10-15(9)11(12(17)18)8(7-19-10)6-14-4-2-1-3-13-14/h1-4,10H,5-7H2/p+1/t10-/m1/s1. The van der Waals surface area contributed by atoms with Gasteiger partial charge in [-0.2, -0.15) is 0 Å². The second-order valence-electron chi connectivity index (χ2n) is 4.39. The van der Waals surface area contributed by atoms with E-state index in [0.717, 1.165) is 5.57 Å². The molecule has 3 heterocycles. The lowest BCUT2D eigenvalue weighted by atomic mass is 10.1. The maximum Gasteiger partial charge on any atom is 0.352 e. The van der Waals surface area contributed by atoms with Crippen molar-refractivity contribution in [2.24, 2.45) is 0 Å². The lowest BCUT2D eigenvalue weighted by molar-refractivity contribution is -0.746. The van der Waals surface area contributed by atoms with Crippen molar-refractivity contribution < 1.29 is 19.4 Å². The number of hydrogen-bond donors (Lipinski definition) is 1. The number of β-lactam (4-membered cyclic amide) rings is 1. The Morgan fingerprint density at radius 2 is 2.42 bits per heavy atom. The van der Waals surface area contributed by atoms with E-state index in [1.807, 2.05) is 6.07 Å². The third-order valence-corrected chi connectivity index (χ3v) is 4.43. The molecule has 1 amide bonds. The highest BCUT2D eigenvalue weighted by Crippen LogP contribution is 2.39. The average molecular weight is 278 g/mol. The first-order valence-corrected chi connectivity index (χ1v) is 6.91. The van der Waals surface area contributed by atoms with Crippen LogP contribution in [0.15, 0.2) is 35.8 Å². The SMILES string of the molecule is O=C(O)C1=C(C[n+]2ccccn2)CS[C@@H]2CC(=O)N12. The fraction of sp³-hybridized carbons (Fsp3) is 0.333. The first-order valence-electron chi connectivity index (χ1n) is 5.86. The number of fused-ring (bicyclic) bond motifs is 1. The minimum Gasteiger partial charge on any atom is -0.477 e. The highest BCUT2D eigenvalue weighted by molar-refractivity contribution is 8.00. The van der Waals surface area contributed by atoms with Crippen molar-refractivity contribution in [1.82, 2.24) is 10.00 Å². The molecule has 0 unspecified atom stereocenters. The van der Waals surface area contributed by atoms with Crippen molar-refractivity contribution in [2.75, 3.05) is 5.75 Å². The molecule has 7 heteroatoms. The molecule has 1 fully saturated rings. The van der Waals surface area contributed by atoms with Gasteiger partial charge < -0.3 is 5.11 Å². The van der Waals surface area contributed by atoms with Crippen LogP contribution in [0, 0.1) is 0 Å². The first kappa shape index (κ1) is 12.2. The van der Waals surface area contributed by atoms with E-state index in [1.54, 1.807) is 34.9 Å².